The lowest BCUT2D eigenvalue weighted by molar-refractivity contribution is 0.616. The molecule has 0 atom stereocenters. The van der Waals surface area contributed by atoms with E-state index in [0.717, 1.165) is 12.2 Å². The van der Waals surface area contributed by atoms with Crippen molar-refractivity contribution >= 4 is 17.3 Å². The molecule has 0 aliphatic heterocycles. The number of alkyl halides is 1. The number of benzene rings is 2. The van der Waals surface area contributed by atoms with Crippen LogP contribution in [-0.4, -0.2) is 7.05 Å². The van der Waals surface area contributed by atoms with Gasteiger partial charge in [-0.2, -0.15) is 0 Å². The lowest BCUT2D eigenvalue weighted by Crippen LogP contribution is -2.19. The zero-order valence-electron chi connectivity index (χ0n) is 11.2. The number of rotatable bonds is 4. The summed E-state index contributed by atoms with van der Waals surface area (Å²) in [7, 11) is 1.96. The molecule has 0 unspecified atom stereocenters. The maximum absolute atomic E-state index is 13.7. The van der Waals surface area contributed by atoms with Crippen LogP contribution in [0.3, 0.4) is 0 Å². The molecule has 0 spiro atoms. The largest absolute Gasteiger partial charge is 0.370 e. The molecule has 2 aromatic rings. The highest BCUT2D eigenvalue weighted by Crippen LogP contribution is 2.25. The quantitative estimate of drug-likeness (QED) is 0.743. The highest BCUT2D eigenvalue weighted by atomic mass is 35.5. The van der Waals surface area contributed by atoms with E-state index in [1.54, 1.807) is 6.07 Å². The number of aryl methyl sites for hydroxylation is 1. The first-order valence-electron chi connectivity index (χ1n) is 6.22. The fraction of sp³-hybridized carbons (Fsp3) is 0.250. The predicted octanol–water partition coefficient (Wildman–Crippen LogP) is 4.51. The number of hydrogen-bond acceptors (Lipinski definition) is 1. The lowest BCUT2D eigenvalue weighted by atomic mass is 10.1. The summed E-state index contributed by atoms with van der Waals surface area (Å²) >= 11 is 5.85. The number of hydrogen-bond donors (Lipinski definition) is 0. The Kier molecular flexibility index (Phi) is 4.43. The standard InChI is InChI=1S/C16H17ClFN/c1-12-6-3-4-7-13(12)11-19(2)16-9-5-8-15(18)14(16)10-17/h3-9H,10-11H2,1-2H3. The summed E-state index contributed by atoms with van der Waals surface area (Å²) in [5.41, 5.74) is 3.87. The van der Waals surface area contributed by atoms with Gasteiger partial charge in [0.25, 0.3) is 0 Å². The second-order valence-electron chi connectivity index (χ2n) is 4.65. The van der Waals surface area contributed by atoms with Gasteiger partial charge in [0.2, 0.25) is 0 Å². The number of anilines is 1. The van der Waals surface area contributed by atoms with Crippen LogP contribution in [0.4, 0.5) is 10.1 Å². The second-order valence-corrected chi connectivity index (χ2v) is 4.92. The summed E-state index contributed by atoms with van der Waals surface area (Å²) in [5, 5.41) is 0. The summed E-state index contributed by atoms with van der Waals surface area (Å²) < 4.78 is 13.7. The van der Waals surface area contributed by atoms with Crippen molar-refractivity contribution in [1.29, 1.82) is 0 Å². The van der Waals surface area contributed by atoms with Crippen LogP contribution in [0.1, 0.15) is 16.7 Å². The van der Waals surface area contributed by atoms with E-state index < -0.39 is 0 Å². The minimum absolute atomic E-state index is 0.181. The van der Waals surface area contributed by atoms with Crippen LogP contribution in [0.25, 0.3) is 0 Å². The van der Waals surface area contributed by atoms with Crippen molar-refractivity contribution in [2.24, 2.45) is 0 Å². The SMILES string of the molecule is Cc1ccccc1CN(C)c1cccc(F)c1CCl. The molecule has 3 heteroatoms. The van der Waals surface area contributed by atoms with Crippen LogP contribution in [0.2, 0.25) is 0 Å². The molecule has 0 heterocycles. The molecule has 0 N–H and O–H groups in total. The van der Waals surface area contributed by atoms with E-state index in [1.807, 2.05) is 30.1 Å². The van der Waals surface area contributed by atoms with Crippen LogP contribution in [0.15, 0.2) is 42.5 Å². The molecule has 0 aliphatic rings. The Morgan fingerprint density at radius 1 is 1.11 bits per heavy atom. The first kappa shape index (κ1) is 13.9. The van der Waals surface area contributed by atoms with Gasteiger partial charge in [-0.25, -0.2) is 4.39 Å². The maximum atomic E-state index is 13.7. The van der Waals surface area contributed by atoms with Crippen molar-refractivity contribution in [2.45, 2.75) is 19.3 Å². The van der Waals surface area contributed by atoms with Crippen molar-refractivity contribution < 1.29 is 4.39 Å². The van der Waals surface area contributed by atoms with Gasteiger partial charge in [0.05, 0.1) is 5.88 Å². The van der Waals surface area contributed by atoms with Crippen LogP contribution >= 0.6 is 11.6 Å². The Morgan fingerprint density at radius 3 is 2.53 bits per heavy atom. The summed E-state index contributed by atoms with van der Waals surface area (Å²) in [4.78, 5) is 2.03. The van der Waals surface area contributed by atoms with E-state index in [1.165, 1.54) is 17.2 Å². The molecule has 0 fully saturated rings. The van der Waals surface area contributed by atoms with Crippen molar-refractivity contribution in [1.82, 2.24) is 0 Å². The van der Waals surface area contributed by atoms with Gasteiger partial charge >= 0.3 is 0 Å². The molecular weight excluding hydrogens is 261 g/mol. The second kappa shape index (κ2) is 6.07. The van der Waals surface area contributed by atoms with E-state index in [2.05, 4.69) is 19.1 Å². The molecule has 0 saturated heterocycles. The van der Waals surface area contributed by atoms with E-state index in [0.29, 0.717) is 5.56 Å². The van der Waals surface area contributed by atoms with Crippen molar-refractivity contribution in [3.63, 3.8) is 0 Å². The first-order valence-corrected chi connectivity index (χ1v) is 6.76. The fourth-order valence-corrected chi connectivity index (χ4v) is 2.43. The average molecular weight is 278 g/mol. The Morgan fingerprint density at radius 2 is 1.84 bits per heavy atom. The van der Waals surface area contributed by atoms with E-state index in [-0.39, 0.29) is 11.7 Å². The van der Waals surface area contributed by atoms with Gasteiger partial charge in [-0.15, -0.1) is 11.6 Å². The topological polar surface area (TPSA) is 3.24 Å². The molecule has 0 aromatic heterocycles. The molecule has 0 bridgehead atoms. The van der Waals surface area contributed by atoms with Crippen LogP contribution in [0, 0.1) is 12.7 Å². The van der Waals surface area contributed by atoms with Gasteiger partial charge in [0, 0.05) is 24.8 Å². The van der Waals surface area contributed by atoms with Gasteiger partial charge < -0.3 is 4.90 Å². The lowest BCUT2D eigenvalue weighted by Gasteiger charge is -2.23. The minimum Gasteiger partial charge on any atom is -0.370 e. The zero-order chi connectivity index (χ0) is 13.8. The third kappa shape index (κ3) is 3.07. The summed E-state index contributed by atoms with van der Waals surface area (Å²) in [6.45, 7) is 2.82. The Bertz CT molecular complexity index is 568. The minimum atomic E-state index is -0.246. The van der Waals surface area contributed by atoms with Gasteiger partial charge in [-0.05, 0) is 30.2 Å². The summed E-state index contributed by atoms with van der Waals surface area (Å²) in [6.07, 6.45) is 0. The van der Waals surface area contributed by atoms with Crippen LogP contribution in [0.5, 0.6) is 0 Å². The molecule has 0 amide bonds. The molecule has 0 radical (unpaired) electrons. The highest BCUT2D eigenvalue weighted by molar-refractivity contribution is 6.17. The van der Waals surface area contributed by atoms with Crippen molar-refractivity contribution in [3.05, 3.63) is 65.0 Å². The molecule has 2 rings (SSSR count). The Labute approximate surface area is 118 Å². The average Bonchev–Trinajstić information content (AvgIpc) is 2.41. The van der Waals surface area contributed by atoms with Crippen molar-refractivity contribution in [3.8, 4) is 0 Å². The molecular formula is C16H17ClFN. The monoisotopic (exact) mass is 277 g/mol. The Hall–Kier alpha value is -1.54. The zero-order valence-corrected chi connectivity index (χ0v) is 11.9. The smallest absolute Gasteiger partial charge is 0.129 e. The molecule has 19 heavy (non-hydrogen) atoms. The molecule has 0 aliphatic carbocycles. The third-order valence-corrected chi connectivity index (χ3v) is 3.58. The normalized spacial score (nSPS) is 10.5. The van der Waals surface area contributed by atoms with Crippen LogP contribution < -0.4 is 4.90 Å². The van der Waals surface area contributed by atoms with Gasteiger partial charge in [-0.1, -0.05) is 30.3 Å². The molecule has 1 nitrogen and oxygen atoms in total. The number of halogens is 2. The van der Waals surface area contributed by atoms with Gasteiger partial charge in [-0.3, -0.25) is 0 Å². The summed E-state index contributed by atoms with van der Waals surface area (Å²) in [5.74, 6) is -0.0655. The van der Waals surface area contributed by atoms with E-state index in [9.17, 15) is 4.39 Å². The predicted molar refractivity (Wildman–Crippen MR) is 79.2 cm³/mol. The number of nitrogens with zero attached hydrogens (tertiary/aromatic N) is 1. The van der Waals surface area contributed by atoms with Crippen LogP contribution in [-0.2, 0) is 12.4 Å². The Balaban J connectivity index is 2.28. The highest BCUT2D eigenvalue weighted by Gasteiger charge is 2.11. The molecule has 100 valence electrons. The summed E-state index contributed by atoms with van der Waals surface area (Å²) in [6, 6.07) is 13.3. The maximum Gasteiger partial charge on any atom is 0.129 e. The molecule has 0 saturated carbocycles. The van der Waals surface area contributed by atoms with Gasteiger partial charge in [0.1, 0.15) is 5.82 Å². The van der Waals surface area contributed by atoms with Gasteiger partial charge in [0.15, 0.2) is 0 Å². The fourth-order valence-electron chi connectivity index (χ4n) is 2.17. The molecule has 2 aromatic carbocycles. The third-order valence-electron chi connectivity index (χ3n) is 3.31. The van der Waals surface area contributed by atoms with Crippen molar-refractivity contribution in [2.75, 3.05) is 11.9 Å². The van der Waals surface area contributed by atoms with E-state index in [4.69, 9.17) is 11.6 Å². The first-order chi connectivity index (χ1) is 9.13. The van der Waals surface area contributed by atoms with E-state index >= 15 is 0 Å².